The molecule has 1 heterocycles. The monoisotopic (exact) mass is 323 g/mol. The molecule has 2 unspecified atom stereocenters. The SMILES string of the molecule is CCC(N=NC)C1CN(C(=O)c2cc(F)cc(OC)c2)CCO1. The zero-order valence-electron chi connectivity index (χ0n) is 13.7. The number of rotatable bonds is 5. The molecule has 0 N–H and O–H groups in total. The first kappa shape index (κ1) is 17.3. The van der Waals surface area contributed by atoms with Crippen molar-refractivity contribution in [3.63, 3.8) is 0 Å². The molecule has 7 heteroatoms. The fraction of sp³-hybridized carbons (Fsp3) is 0.562. The Labute approximate surface area is 135 Å². The van der Waals surface area contributed by atoms with Crippen LogP contribution in [0.2, 0.25) is 0 Å². The number of morpholine rings is 1. The Morgan fingerprint density at radius 1 is 1.52 bits per heavy atom. The molecule has 0 saturated carbocycles. The minimum atomic E-state index is -0.497. The second-order valence-corrected chi connectivity index (χ2v) is 5.33. The second-order valence-electron chi connectivity index (χ2n) is 5.33. The Balaban J connectivity index is 2.14. The molecule has 1 saturated heterocycles. The zero-order chi connectivity index (χ0) is 16.8. The third-order valence-corrected chi connectivity index (χ3v) is 3.85. The fourth-order valence-electron chi connectivity index (χ4n) is 2.65. The van der Waals surface area contributed by atoms with Gasteiger partial charge in [-0.1, -0.05) is 6.92 Å². The normalized spacial score (nSPS) is 19.8. The summed E-state index contributed by atoms with van der Waals surface area (Å²) < 4.78 is 24.3. The number of azo groups is 1. The van der Waals surface area contributed by atoms with Gasteiger partial charge in [0.25, 0.3) is 5.91 Å². The summed E-state index contributed by atoms with van der Waals surface area (Å²) in [6, 6.07) is 3.92. The van der Waals surface area contributed by atoms with Crippen molar-refractivity contribution in [3.8, 4) is 5.75 Å². The molecule has 0 aromatic heterocycles. The molecule has 23 heavy (non-hydrogen) atoms. The van der Waals surface area contributed by atoms with Crippen LogP contribution >= 0.6 is 0 Å². The average Bonchev–Trinajstić information content (AvgIpc) is 2.58. The van der Waals surface area contributed by atoms with Gasteiger partial charge < -0.3 is 14.4 Å². The number of hydrogen-bond acceptors (Lipinski definition) is 5. The Kier molecular flexibility index (Phi) is 6.04. The van der Waals surface area contributed by atoms with Gasteiger partial charge >= 0.3 is 0 Å². The van der Waals surface area contributed by atoms with E-state index in [-0.39, 0.29) is 23.6 Å². The summed E-state index contributed by atoms with van der Waals surface area (Å²) in [5, 5.41) is 7.98. The standard InChI is InChI=1S/C16H22FN3O3/c1-4-14(19-18-2)15-10-20(5-6-23-15)16(21)11-7-12(17)9-13(8-11)22-3/h7-9,14-15H,4-6,10H2,1-3H3. The van der Waals surface area contributed by atoms with Crippen LogP contribution in [0.15, 0.2) is 28.4 Å². The first-order valence-corrected chi connectivity index (χ1v) is 7.63. The lowest BCUT2D eigenvalue weighted by Gasteiger charge is -2.35. The van der Waals surface area contributed by atoms with E-state index in [4.69, 9.17) is 9.47 Å². The molecule has 1 aliphatic heterocycles. The molecule has 1 aromatic carbocycles. The molecule has 6 nitrogen and oxygen atoms in total. The molecule has 2 atom stereocenters. The van der Waals surface area contributed by atoms with E-state index < -0.39 is 5.82 Å². The highest BCUT2D eigenvalue weighted by Gasteiger charge is 2.30. The molecule has 2 rings (SSSR count). The van der Waals surface area contributed by atoms with Gasteiger partial charge in [-0.25, -0.2) is 4.39 Å². The van der Waals surface area contributed by atoms with Crippen LogP contribution in [0.25, 0.3) is 0 Å². The molecule has 0 spiro atoms. The van der Waals surface area contributed by atoms with E-state index in [2.05, 4.69) is 10.2 Å². The number of carbonyl (C=O) groups is 1. The summed E-state index contributed by atoms with van der Waals surface area (Å²) in [4.78, 5) is 14.3. The predicted octanol–water partition coefficient (Wildman–Crippen LogP) is 2.54. The molecular formula is C16H22FN3O3. The Bertz CT molecular complexity index is 580. The van der Waals surface area contributed by atoms with Gasteiger partial charge in [-0.05, 0) is 18.6 Å². The highest BCUT2D eigenvalue weighted by molar-refractivity contribution is 5.94. The topological polar surface area (TPSA) is 63.5 Å². The molecule has 1 fully saturated rings. The van der Waals surface area contributed by atoms with Crippen LogP contribution in [0.4, 0.5) is 4.39 Å². The molecule has 1 aliphatic rings. The van der Waals surface area contributed by atoms with Crippen LogP contribution < -0.4 is 4.74 Å². The van der Waals surface area contributed by atoms with Crippen molar-refractivity contribution in [1.82, 2.24) is 4.90 Å². The van der Waals surface area contributed by atoms with Gasteiger partial charge in [0.2, 0.25) is 0 Å². The maximum Gasteiger partial charge on any atom is 0.254 e. The fourth-order valence-corrected chi connectivity index (χ4v) is 2.65. The molecule has 0 radical (unpaired) electrons. The van der Waals surface area contributed by atoms with Crippen molar-refractivity contribution < 1.29 is 18.7 Å². The molecule has 126 valence electrons. The zero-order valence-corrected chi connectivity index (χ0v) is 13.7. The maximum atomic E-state index is 13.6. The number of hydrogen-bond donors (Lipinski definition) is 0. The average molecular weight is 323 g/mol. The third-order valence-electron chi connectivity index (χ3n) is 3.85. The predicted molar refractivity (Wildman–Crippen MR) is 83.5 cm³/mol. The van der Waals surface area contributed by atoms with Crippen molar-refractivity contribution in [2.45, 2.75) is 25.5 Å². The van der Waals surface area contributed by atoms with Crippen LogP contribution in [0.3, 0.4) is 0 Å². The largest absolute Gasteiger partial charge is 0.497 e. The molecule has 0 aliphatic carbocycles. The number of nitrogens with zero attached hydrogens (tertiary/aromatic N) is 3. The highest BCUT2D eigenvalue weighted by atomic mass is 19.1. The summed E-state index contributed by atoms with van der Waals surface area (Å²) >= 11 is 0. The molecule has 0 bridgehead atoms. The van der Waals surface area contributed by atoms with Crippen LogP contribution in [0, 0.1) is 5.82 Å². The first-order chi connectivity index (χ1) is 11.1. The number of ether oxygens (including phenoxy) is 2. The smallest absolute Gasteiger partial charge is 0.254 e. The number of halogens is 1. The third kappa shape index (κ3) is 4.25. The van der Waals surface area contributed by atoms with Gasteiger partial charge in [0.05, 0.1) is 25.9 Å². The molecule has 1 aromatic rings. The van der Waals surface area contributed by atoms with Crippen LogP contribution in [-0.2, 0) is 4.74 Å². The van der Waals surface area contributed by atoms with Gasteiger partial charge in [-0.2, -0.15) is 10.2 Å². The second kappa shape index (κ2) is 8.01. The van der Waals surface area contributed by atoms with E-state index in [0.717, 1.165) is 6.42 Å². The van der Waals surface area contributed by atoms with Crippen molar-refractivity contribution in [2.24, 2.45) is 10.2 Å². The van der Waals surface area contributed by atoms with E-state index in [1.807, 2.05) is 6.92 Å². The maximum absolute atomic E-state index is 13.6. The summed E-state index contributed by atoms with van der Waals surface area (Å²) in [6.07, 6.45) is 0.578. The van der Waals surface area contributed by atoms with Gasteiger partial charge in [0.1, 0.15) is 11.6 Å². The van der Waals surface area contributed by atoms with Crippen molar-refractivity contribution in [2.75, 3.05) is 33.9 Å². The van der Waals surface area contributed by atoms with Crippen LogP contribution in [-0.4, -0.2) is 56.8 Å². The Hall–Kier alpha value is -2.02. The van der Waals surface area contributed by atoms with E-state index >= 15 is 0 Å². The van der Waals surface area contributed by atoms with E-state index in [1.54, 1.807) is 18.0 Å². The van der Waals surface area contributed by atoms with Gasteiger partial charge in [-0.3, -0.25) is 4.79 Å². The van der Waals surface area contributed by atoms with E-state index in [9.17, 15) is 9.18 Å². The van der Waals surface area contributed by atoms with E-state index in [0.29, 0.717) is 25.4 Å². The lowest BCUT2D eigenvalue weighted by molar-refractivity contribution is -0.0336. The number of carbonyl (C=O) groups excluding carboxylic acids is 1. The van der Waals surface area contributed by atoms with Gasteiger partial charge in [-0.15, -0.1) is 0 Å². The number of methoxy groups -OCH3 is 1. The highest BCUT2D eigenvalue weighted by Crippen LogP contribution is 2.20. The number of benzene rings is 1. The lowest BCUT2D eigenvalue weighted by atomic mass is 10.1. The van der Waals surface area contributed by atoms with Crippen LogP contribution in [0.5, 0.6) is 5.75 Å². The van der Waals surface area contributed by atoms with Gasteiger partial charge in [0.15, 0.2) is 0 Å². The quantitative estimate of drug-likeness (QED) is 0.782. The van der Waals surface area contributed by atoms with Crippen molar-refractivity contribution in [1.29, 1.82) is 0 Å². The summed E-state index contributed by atoms with van der Waals surface area (Å²) in [6.45, 7) is 3.31. The summed E-state index contributed by atoms with van der Waals surface area (Å²) in [5.74, 6) is -0.410. The van der Waals surface area contributed by atoms with Crippen LogP contribution in [0.1, 0.15) is 23.7 Å². The Morgan fingerprint density at radius 2 is 2.30 bits per heavy atom. The molecular weight excluding hydrogens is 301 g/mol. The Morgan fingerprint density at radius 3 is 2.96 bits per heavy atom. The minimum absolute atomic E-state index is 0.0855. The van der Waals surface area contributed by atoms with Gasteiger partial charge in [0, 0.05) is 31.8 Å². The molecule has 1 amide bonds. The van der Waals surface area contributed by atoms with Crippen molar-refractivity contribution in [3.05, 3.63) is 29.6 Å². The lowest BCUT2D eigenvalue weighted by Crippen LogP contribution is -2.49. The number of amides is 1. The summed E-state index contributed by atoms with van der Waals surface area (Å²) in [7, 11) is 3.06. The first-order valence-electron chi connectivity index (χ1n) is 7.63. The van der Waals surface area contributed by atoms with E-state index in [1.165, 1.54) is 19.2 Å². The van der Waals surface area contributed by atoms with Crippen molar-refractivity contribution >= 4 is 5.91 Å². The minimum Gasteiger partial charge on any atom is -0.497 e. The summed E-state index contributed by atoms with van der Waals surface area (Å²) in [5.41, 5.74) is 0.271.